The summed E-state index contributed by atoms with van der Waals surface area (Å²) in [4.78, 5) is 18.6. The van der Waals surface area contributed by atoms with Crippen molar-refractivity contribution < 1.29 is 9.53 Å². The lowest BCUT2D eigenvalue weighted by Crippen LogP contribution is -2.20. The zero-order valence-electron chi connectivity index (χ0n) is 17.3. The van der Waals surface area contributed by atoms with Crippen molar-refractivity contribution in [1.82, 2.24) is 9.88 Å². The van der Waals surface area contributed by atoms with Gasteiger partial charge in [0.25, 0.3) is 0 Å². The van der Waals surface area contributed by atoms with Crippen LogP contribution in [0.3, 0.4) is 0 Å². The van der Waals surface area contributed by atoms with E-state index >= 15 is 0 Å². The number of aryl methyl sites for hydroxylation is 1. The molecular weight excluding hydrogens is 491 g/mol. The molecule has 0 saturated carbocycles. The topological polar surface area (TPSA) is 66.5 Å². The van der Waals surface area contributed by atoms with Crippen molar-refractivity contribution in [2.24, 2.45) is 0 Å². The molecule has 0 fully saturated rings. The van der Waals surface area contributed by atoms with Gasteiger partial charge >= 0.3 is 6.03 Å². The van der Waals surface area contributed by atoms with Gasteiger partial charge in [-0.1, -0.05) is 6.07 Å². The Morgan fingerprint density at radius 2 is 1.70 bits per heavy atom. The molecule has 0 unspecified atom stereocenters. The second-order valence-corrected chi connectivity index (χ2v) is 8.30. The van der Waals surface area contributed by atoms with Crippen LogP contribution in [0.5, 0.6) is 5.75 Å². The molecule has 0 radical (unpaired) electrons. The molecule has 0 aliphatic heterocycles. The van der Waals surface area contributed by atoms with E-state index in [2.05, 4.69) is 43.1 Å². The lowest BCUT2D eigenvalue weighted by Gasteiger charge is -2.14. The number of nitrogens with zero attached hydrogens (tertiary/aromatic N) is 2. The van der Waals surface area contributed by atoms with Gasteiger partial charge in [0.2, 0.25) is 0 Å². The summed E-state index contributed by atoms with van der Waals surface area (Å²) in [6.07, 6.45) is 3.54. The first kappa shape index (κ1) is 22.0. The molecule has 0 saturated heterocycles. The van der Waals surface area contributed by atoms with Gasteiger partial charge in [-0.05, 0) is 96.7 Å². The Balaban J connectivity index is 1.63. The van der Waals surface area contributed by atoms with E-state index in [9.17, 15) is 4.79 Å². The highest BCUT2D eigenvalue weighted by molar-refractivity contribution is 14.1. The van der Waals surface area contributed by atoms with Crippen molar-refractivity contribution in [2.75, 3.05) is 37.9 Å². The zero-order valence-corrected chi connectivity index (χ0v) is 19.4. The fourth-order valence-corrected chi connectivity index (χ4v) is 3.41. The van der Waals surface area contributed by atoms with Crippen molar-refractivity contribution in [1.29, 1.82) is 0 Å². The number of anilines is 2. The van der Waals surface area contributed by atoms with E-state index in [0.29, 0.717) is 12.3 Å². The standard InChI is InChI=1S/C23H25IN4O2/c1-16-14-18(4-6-20(16)17-8-10-25-11-9-17)26-23(29)27-19-5-7-21(24)22(15-19)30-13-12-28(2)3/h4-11,14-15H,12-13H2,1-3H3,(H2,26,27,29). The first-order valence-electron chi connectivity index (χ1n) is 9.58. The van der Waals surface area contributed by atoms with Crippen molar-refractivity contribution >= 4 is 40.0 Å². The van der Waals surface area contributed by atoms with Gasteiger partial charge in [0.1, 0.15) is 12.4 Å². The normalized spacial score (nSPS) is 10.7. The summed E-state index contributed by atoms with van der Waals surface area (Å²) in [5.41, 5.74) is 4.69. The number of hydrogen-bond donors (Lipinski definition) is 2. The minimum atomic E-state index is -0.300. The van der Waals surface area contributed by atoms with Crippen LogP contribution in [0.2, 0.25) is 0 Å². The van der Waals surface area contributed by atoms with Crippen LogP contribution >= 0.6 is 22.6 Å². The predicted molar refractivity (Wildman–Crippen MR) is 130 cm³/mol. The molecule has 0 spiro atoms. The number of aromatic nitrogens is 1. The van der Waals surface area contributed by atoms with Crippen molar-refractivity contribution in [3.05, 3.63) is 70.1 Å². The van der Waals surface area contributed by atoms with Gasteiger partial charge in [-0.25, -0.2) is 4.79 Å². The molecule has 0 aliphatic rings. The minimum Gasteiger partial charge on any atom is -0.491 e. The van der Waals surface area contributed by atoms with Gasteiger partial charge in [-0.3, -0.25) is 4.98 Å². The third-order valence-electron chi connectivity index (χ3n) is 4.46. The van der Waals surface area contributed by atoms with Gasteiger partial charge in [-0.15, -0.1) is 0 Å². The Morgan fingerprint density at radius 1 is 1.03 bits per heavy atom. The van der Waals surface area contributed by atoms with Crippen LogP contribution in [-0.4, -0.2) is 43.2 Å². The molecule has 2 N–H and O–H groups in total. The highest BCUT2D eigenvalue weighted by Crippen LogP contribution is 2.27. The first-order valence-corrected chi connectivity index (χ1v) is 10.7. The number of likely N-dealkylation sites (N-methyl/N-ethyl adjacent to an activating group) is 1. The molecule has 7 heteroatoms. The maximum Gasteiger partial charge on any atom is 0.323 e. The van der Waals surface area contributed by atoms with E-state index in [4.69, 9.17) is 4.74 Å². The second-order valence-electron chi connectivity index (χ2n) is 7.14. The van der Waals surface area contributed by atoms with Gasteiger partial charge in [0.05, 0.1) is 3.57 Å². The second kappa shape index (κ2) is 10.4. The molecule has 30 heavy (non-hydrogen) atoms. The van der Waals surface area contributed by atoms with Crippen LogP contribution < -0.4 is 15.4 Å². The van der Waals surface area contributed by atoms with Crippen molar-refractivity contribution in [2.45, 2.75) is 6.92 Å². The van der Waals surface area contributed by atoms with Gasteiger partial charge in [0, 0.05) is 36.4 Å². The number of carbonyl (C=O) groups is 1. The molecule has 0 atom stereocenters. The van der Waals surface area contributed by atoms with Crippen LogP contribution in [0, 0.1) is 10.5 Å². The van der Waals surface area contributed by atoms with Crippen LogP contribution in [0.4, 0.5) is 16.2 Å². The van der Waals surface area contributed by atoms with Crippen LogP contribution in [0.15, 0.2) is 60.9 Å². The molecule has 1 heterocycles. The number of urea groups is 1. The lowest BCUT2D eigenvalue weighted by molar-refractivity contribution is 0.260. The largest absolute Gasteiger partial charge is 0.491 e. The molecule has 1 aromatic heterocycles. The van der Waals surface area contributed by atoms with E-state index in [-0.39, 0.29) is 6.03 Å². The number of ether oxygens (including phenoxy) is 1. The highest BCUT2D eigenvalue weighted by Gasteiger charge is 2.09. The number of nitrogens with one attached hydrogen (secondary N) is 2. The third kappa shape index (κ3) is 6.17. The number of rotatable bonds is 7. The molecular formula is C23H25IN4O2. The third-order valence-corrected chi connectivity index (χ3v) is 5.35. The summed E-state index contributed by atoms with van der Waals surface area (Å²) in [6.45, 7) is 3.43. The van der Waals surface area contributed by atoms with E-state index in [0.717, 1.165) is 38.2 Å². The molecule has 3 aromatic rings. The van der Waals surface area contributed by atoms with Crippen LogP contribution in [-0.2, 0) is 0 Å². The monoisotopic (exact) mass is 516 g/mol. The maximum atomic E-state index is 12.5. The van der Waals surface area contributed by atoms with Crippen LogP contribution in [0.25, 0.3) is 11.1 Å². The molecule has 6 nitrogen and oxygen atoms in total. The number of pyridine rings is 1. The van der Waals surface area contributed by atoms with Crippen LogP contribution in [0.1, 0.15) is 5.56 Å². The molecule has 3 rings (SSSR count). The Labute approximate surface area is 190 Å². The van der Waals surface area contributed by atoms with E-state index in [1.807, 2.05) is 69.6 Å². The molecule has 0 aliphatic carbocycles. The molecule has 2 amide bonds. The number of benzene rings is 2. The number of hydrogen-bond acceptors (Lipinski definition) is 4. The molecule has 2 aromatic carbocycles. The molecule has 0 bridgehead atoms. The lowest BCUT2D eigenvalue weighted by atomic mass is 10.0. The number of carbonyl (C=O) groups excluding carboxylic acids is 1. The van der Waals surface area contributed by atoms with Crippen molar-refractivity contribution in [3.63, 3.8) is 0 Å². The summed E-state index contributed by atoms with van der Waals surface area (Å²) in [7, 11) is 4.00. The fourth-order valence-electron chi connectivity index (χ4n) is 2.92. The van der Waals surface area contributed by atoms with Gasteiger partial charge in [0.15, 0.2) is 0 Å². The highest BCUT2D eigenvalue weighted by atomic mass is 127. The number of amides is 2. The zero-order chi connectivity index (χ0) is 21.5. The predicted octanol–water partition coefficient (Wildman–Crippen LogP) is 5.25. The SMILES string of the molecule is Cc1cc(NC(=O)Nc2ccc(I)c(OCCN(C)C)c2)ccc1-c1ccncc1. The average molecular weight is 516 g/mol. The molecule has 156 valence electrons. The Morgan fingerprint density at radius 3 is 2.37 bits per heavy atom. The minimum absolute atomic E-state index is 0.300. The first-order chi connectivity index (χ1) is 14.4. The quantitative estimate of drug-likeness (QED) is 0.422. The smallest absolute Gasteiger partial charge is 0.323 e. The van der Waals surface area contributed by atoms with Gasteiger partial charge < -0.3 is 20.3 Å². The van der Waals surface area contributed by atoms with E-state index in [1.54, 1.807) is 12.4 Å². The van der Waals surface area contributed by atoms with Crippen molar-refractivity contribution in [3.8, 4) is 16.9 Å². The summed E-state index contributed by atoms with van der Waals surface area (Å²) in [6, 6.07) is 15.1. The summed E-state index contributed by atoms with van der Waals surface area (Å²) in [5, 5.41) is 5.76. The fraction of sp³-hybridized carbons (Fsp3) is 0.217. The summed E-state index contributed by atoms with van der Waals surface area (Å²) in [5.74, 6) is 0.757. The van der Waals surface area contributed by atoms with E-state index < -0.39 is 0 Å². The Kier molecular flexibility index (Phi) is 7.64. The summed E-state index contributed by atoms with van der Waals surface area (Å²) < 4.78 is 6.83. The van der Waals surface area contributed by atoms with Gasteiger partial charge in [-0.2, -0.15) is 0 Å². The van der Waals surface area contributed by atoms with E-state index in [1.165, 1.54) is 0 Å². The Bertz CT molecular complexity index is 1010. The summed E-state index contributed by atoms with van der Waals surface area (Å²) >= 11 is 2.23. The average Bonchev–Trinajstić information content (AvgIpc) is 2.71. The number of halogens is 1. The Hall–Kier alpha value is -2.65. The maximum absolute atomic E-state index is 12.5.